The van der Waals surface area contributed by atoms with E-state index in [0.29, 0.717) is 0 Å². The van der Waals surface area contributed by atoms with E-state index in [9.17, 15) is 32.9 Å². The predicted octanol–water partition coefficient (Wildman–Crippen LogP) is -3.52. The average Bonchev–Trinajstić information content (AvgIpc) is 1.64. The Hall–Kier alpha value is 1.05. The first-order valence-electron chi connectivity index (χ1n) is 3.01. The van der Waals surface area contributed by atoms with Crippen LogP contribution in [0.15, 0.2) is 0 Å². The Labute approximate surface area is 115 Å². The fourth-order valence-electron chi connectivity index (χ4n) is 0.265. The molecular formula is H5CrO14P4. The van der Waals surface area contributed by atoms with Crippen molar-refractivity contribution in [1.29, 1.82) is 0 Å². The van der Waals surface area contributed by atoms with Crippen LogP contribution in [-0.4, -0.2) is 24.5 Å². The SMILES string of the molecule is O=P(O)(O)OP(=O)(O)O.O=P([O-])([O-])OP(=O)([O-])O.[Cr+3]. The zero-order chi connectivity index (χ0) is 15.4. The zero-order valence-electron chi connectivity index (χ0n) is 8.11. The fraction of sp³-hybridized carbons (Fsp3) is 0. The molecule has 0 fully saturated rings. The van der Waals surface area contributed by atoms with Gasteiger partial charge >= 0.3 is 33.0 Å². The number of hydrogen-bond acceptors (Lipinski definition) is 9. The van der Waals surface area contributed by atoms with Crippen LogP contribution in [0.5, 0.6) is 0 Å². The van der Waals surface area contributed by atoms with Gasteiger partial charge in [-0.2, -0.15) is 4.31 Å². The molecule has 5 N–H and O–H groups in total. The first-order chi connectivity index (χ1) is 7.41. The second-order valence-electron chi connectivity index (χ2n) is 2.06. The van der Waals surface area contributed by atoms with E-state index in [-0.39, 0.29) is 17.4 Å². The van der Waals surface area contributed by atoms with Crippen molar-refractivity contribution in [2.75, 3.05) is 0 Å². The molecule has 14 nitrogen and oxygen atoms in total. The van der Waals surface area contributed by atoms with Crippen molar-refractivity contribution in [2.45, 2.75) is 0 Å². The summed E-state index contributed by atoms with van der Waals surface area (Å²) >= 11 is 0. The maximum absolute atomic E-state index is 9.63. The van der Waals surface area contributed by atoms with Gasteiger partial charge in [-0.3, -0.25) is 8.88 Å². The normalized spacial score (nSPS) is 15.6. The smallest absolute Gasteiger partial charge is 0.790 e. The maximum Gasteiger partial charge on any atom is 3.00 e. The van der Waals surface area contributed by atoms with Gasteiger partial charge in [0.15, 0.2) is 0 Å². The molecule has 0 aromatic rings. The molecule has 0 heterocycles. The monoisotopic (exact) mass is 405 g/mol. The Morgan fingerprint density at radius 1 is 0.684 bits per heavy atom. The third-order valence-electron chi connectivity index (χ3n) is 0.416. The number of rotatable bonds is 4. The molecule has 0 aliphatic heterocycles. The summed E-state index contributed by atoms with van der Waals surface area (Å²) in [6.07, 6.45) is 0. The van der Waals surface area contributed by atoms with Gasteiger partial charge in [0, 0.05) is 0 Å². The van der Waals surface area contributed by atoms with Gasteiger partial charge in [0.05, 0.1) is 7.82 Å². The molecule has 0 aromatic carbocycles. The number of hydrogen-bond donors (Lipinski definition) is 5. The predicted molar refractivity (Wildman–Crippen MR) is 43.7 cm³/mol. The third-order valence-corrected chi connectivity index (χ3v) is 3.74. The molecule has 19 heteroatoms. The molecule has 0 aliphatic rings. The molecule has 1 unspecified atom stereocenters. The van der Waals surface area contributed by atoms with Gasteiger partial charge < -0.3 is 43.7 Å². The Balaban J connectivity index is -0.000000256. The van der Waals surface area contributed by atoms with Crippen molar-refractivity contribution in [2.24, 2.45) is 0 Å². The molecule has 0 saturated heterocycles. The van der Waals surface area contributed by atoms with Crippen LogP contribution >= 0.6 is 31.3 Å². The van der Waals surface area contributed by atoms with Crippen LogP contribution in [0.4, 0.5) is 0 Å². The average molecular weight is 405 g/mol. The molecule has 0 rings (SSSR count). The van der Waals surface area contributed by atoms with E-state index in [0.717, 1.165) is 0 Å². The minimum Gasteiger partial charge on any atom is -0.790 e. The van der Waals surface area contributed by atoms with Gasteiger partial charge in [0.1, 0.15) is 0 Å². The first-order valence-corrected chi connectivity index (χ1v) is 9.02. The van der Waals surface area contributed by atoms with Crippen molar-refractivity contribution in [3.05, 3.63) is 0 Å². The summed E-state index contributed by atoms with van der Waals surface area (Å²) < 4.78 is 43.6. The summed E-state index contributed by atoms with van der Waals surface area (Å²) in [5.74, 6) is 0. The molecule has 0 spiro atoms. The van der Waals surface area contributed by atoms with Crippen LogP contribution in [-0.2, 0) is 44.2 Å². The Morgan fingerprint density at radius 3 is 0.947 bits per heavy atom. The van der Waals surface area contributed by atoms with Gasteiger partial charge in [0.2, 0.25) is 0 Å². The van der Waals surface area contributed by atoms with Crippen molar-refractivity contribution < 1.29 is 83.4 Å². The fourth-order valence-corrected chi connectivity index (χ4v) is 2.38. The Morgan fingerprint density at radius 2 is 0.947 bits per heavy atom. The maximum atomic E-state index is 9.63. The Kier molecular flexibility index (Phi) is 11.2. The summed E-state index contributed by atoms with van der Waals surface area (Å²) in [4.78, 5) is 66.7. The largest absolute Gasteiger partial charge is 3.00 e. The van der Waals surface area contributed by atoms with Crippen molar-refractivity contribution in [3.8, 4) is 0 Å². The second-order valence-corrected chi connectivity index (χ2v) is 7.16. The molecule has 0 aliphatic carbocycles. The van der Waals surface area contributed by atoms with Gasteiger partial charge in [-0.25, -0.2) is 9.13 Å². The van der Waals surface area contributed by atoms with E-state index >= 15 is 0 Å². The van der Waals surface area contributed by atoms with E-state index in [2.05, 4.69) is 8.62 Å². The molecule has 0 amide bonds. The van der Waals surface area contributed by atoms with Crippen LogP contribution in [0.3, 0.4) is 0 Å². The van der Waals surface area contributed by atoms with Crippen LogP contribution in [0.25, 0.3) is 0 Å². The van der Waals surface area contributed by atoms with Gasteiger partial charge in [-0.1, -0.05) is 0 Å². The first kappa shape index (κ1) is 25.0. The summed E-state index contributed by atoms with van der Waals surface area (Å²) in [7, 11) is -21.1. The molecular weight excluding hydrogens is 400 g/mol. The van der Waals surface area contributed by atoms with Gasteiger partial charge in [-0.05, 0) is 0 Å². The summed E-state index contributed by atoms with van der Waals surface area (Å²) in [5.41, 5.74) is 0. The quantitative estimate of drug-likeness (QED) is 0.284. The second kappa shape index (κ2) is 8.48. The van der Waals surface area contributed by atoms with E-state index < -0.39 is 31.3 Å². The summed E-state index contributed by atoms with van der Waals surface area (Å²) in [6.45, 7) is 0. The van der Waals surface area contributed by atoms with E-state index in [1.807, 2.05) is 0 Å². The van der Waals surface area contributed by atoms with Crippen LogP contribution in [0.2, 0.25) is 0 Å². The summed E-state index contributed by atoms with van der Waals surface area (Å²) in [6, 6.07) is 0. The number of phosphoric acid groups is 4. The minimum atomic E-state index is -5.61. The van der Waals surface area contributed by atoms with Crippen LogP contribution in [0, 0.1) is 0 Å². The van der Waals surface area contributed by atoms with Gasteiger partial charge in [0.25, 0.3) is 7.82 Å². The molecule has 1 atom stereocenters. The topological polar surface area (TPSA) is 257 Å². The van der Waals surface area contributed by atoms with Crippen molar-refractivity contribution >= 4 is 31.3 Å². The molecule has 0 bridgehead atoms. The van der Waals surface area contributed by atoms with Gasteiger partial charge in [-0.15, -0.1) is 0 Å². The standard InChI is InChI=1S/Cr.2H4O7P2/c;2*1-8(2,3)7-9(4,5)6/h;2*(H2,1,2,3)(H2,4,5,6)/q+3;;/p-3. The van der Waals surface area contributed by atoms with Crippen molar-refractivity contribution in [1.82, 2.24) is 0 Å². The van der Waals surface area contributed by atoms with Crippen LogP contribution in [0.1, 0.15) is 0 Å². The molecule has 1 radical (unpaired) electrons. The molecule has 0 aromatic heterocycles. The van der Waals surface area contributed by atoms with E-state index in [4.69, 9.17) is 24.5 Å². The van der Waals surface area contributed by atoms with Crippen LogP contribution < -0.4 is 14.7 Å². The zero-order valence-corrected chi connectivity index (χ0v) is 13.0. The molecule has 115 valence electrons. The molecule has 19 heavy (non-hydrogen) atoms. The minimum absolute atomic E-state index is 0. The van der Waals surface area contributed by atoms with Crippen molar-refractivity contribution in [3.63, 3.8) is 0 Å². The summed E-state index contributed by atoms with van der Waals surface area (Å²) in [5, 5.41) is 0. The van der Waals surface area contributed by atoms with E-state index in [1.165, 1.54) is 0 Å². The van der Waals surface area contributed by atoms with E-state index in [1.54, 1.807) is 0 Å². The third kappa shape index (κ3) is 32.5. The Bertz CT molecular complexity index is 342. The molecule has 0 saturated carbocycles.